The lowest BCUT2D eigenvalue weighted by Crippen LogP contribution is -2.34. The second kappa shape index (κ2) is 4.73. The van der Waals surface area contributed by atoms with E-state index in [2.05, 4.69) is 0 Å². The number of carbonyl (C=O) groups is 1. The molecule has 1 aliphatic heterocycles. The Labute approximate surface area is 96.3 Å². The second-order valence-corrected chi connectivity index (χ2v) is 7.03. The molecule has 92 valence electrons. The molecular weight excluding hydrogens is 228 g/mol. The lowest BCUT2D eigenvalue weighted by atomic mass is 10.1. The van der Waals surface area contributed by atoms with Crippen molar-refractivity contribution in [1.29, 1.82) is 0 Å². The summed E-state index contributed by atoms with van der Waals surface area (Å²) in [4.78, 5) is 11.7. The summed E-state index contributed by atoms with van der Waals surface area (Å²) in [6.07, 6.45) is 4.89. The number of esters is 1. The monoisotopic (exact) mass is 246 g/mol. The topological polar surface area (TPSA) is 60.4 Å². The van der Waals surface area contributed by atoms with Gasteiger partial charge in [0, 0.05) is 0 Å². The van der Waals surface area contributed by atoms with Gasteiger partial charge in [0.25, 0.3) is 0 Å². The molecule has 0 aromatic rings. The Kier molecular flexibility index (Phi) is 3.52. The largest absolute Gasteiger partial charge is 0.461 e. The van der Waals surface area contributed by atoms with Gasteiger partial charge in [-0.15, -0.1) is 0 Å². The van der Waals surface area contributed by atoms with E-state index >= 15 is 0 Å². The van der Waals surface area contributed by atoms with Gasteiger partial charge in [-0.1, -0.05) is 12.8 Å². The van der Waals surface area contributed by atoms with Crippen LogP contribution in [0.3, 0.4) is 0 Å². The smallest absolute Gasteiger partial charge is 0.309 e. The molecule has 0 aromatic heterocycles. The van der Waals surface area contributed by atoms with E-state index in [9.17, 15) is 13.2 Å². The number of sulfone groups is 1. The first kappa shape index (κ1) is 11.9. The summed E-state index contributed by atoms with van der Waals surface area (Å²) in [6, 6.07) is 0. The van der Waals surface area contributed by atoms with Gasteiger partial charge in [0.2, 0.25) is 0 Å². The molecule has 5 heteroatoms. The van der Waals surface area contributed by atoms with Crippen LogP contribution >= 0.6 is 0 Å². The predicted molar refractivity (Wildman–Crippen MR) is 59.7 cm³/mol. The van der Waals surface area contributed by atoms with Gasteiger partial charge in [-0.25, -0.2) is 8.42 Å². The summed E-state index contributed by atoms with van der Waals surface area (Å²) in [5, 5.41) is 0. The van der Waals surface area contributed by atoms with Gasteiger partial charge < -0.3 is 4.74 Å². The Hall–Kier alpha value is -0.580. The molecule has 2 fully saturated rings. The minimum atomic E-state index is -2.98. The SMILES string of the molecule is O=C(O[C@H]1CCCS(=O)(=O)C1)C1CCCC1. The molecule has 0 amide bonds. The quantitative estimate of drug-likeness (QED) is 0.689. The zero-order valence-electron chi connectivity index (χ0n) is 9.35. The average Bonchev–Trinajstić information content (AvgIpc) is 2.68. The standard InChI is InChI=1S/C11H18O4S/c12-11(9-4-1-2-5-9)15-10-6-3-7-16(13,14)8-10/h9-10H,1-8H2/t10-/m0/s1. The van der Waals surface area contributed by atoms with E-state index in [0.29, 0.717) is 12.8 Å². The lowest BCUT2D eigenvalue weighted by molar-refractivity contribution is -0.153. The van der Waals surface area contributed by atoms with Crippen molar-refractivity contribution in [3.8, 4) is 0 Å². The zero-order valence-corrected chi connectivity index (χ0v) is 10.2. The molecule has 1 saturated carbocycles. The van der Waals surface area contributed by atoms with E-state index in [0.717, 1.165) is 25.7 Å². The first-order valence-corrected chi connectivity index (χ1v) is 7.80. The first-order chi connectivity index (χ1) is 7.57. The van der Waals surface area contributed by atoms with E-state index in [-0.39, 0.29) is 23.4 Å². The molecule has 0 unspecified atom stereocenters. The highest BCUT2D eigenvalue weighted by molar-refractivity contribution is 7.91. The second-order valence-electron chi connectivity index (χ2n) is 4.80. The molecule has 0 aromatic carbocycles. The van der Waals surface area contributed by atoms with E-state index in [4.69, 9.17) is 4.74 Å². The number of ether oxygens (including phenoxy) is 1. The molecule has 4 nitrogen and oxygen atoms in total. The van der Waals surface area contributed by atoms with Crippen molar-refractivity contribution >= 4 is 15.8 Å². The van der Waals surface area contributed by atoms with E-state index in [1.807, 2.05) is 0 Å². The van der Waals surface area contributed by atoms with Crippen LogP contribution in [-0.4, -0.2) is 32.0 Å². The summed E-state index contributed by atoms with van der Waals surface area (Å²) in [7, 11) is -2.98. The highest BCUT2D eigenvalue weighted by atomic mass is 32.2. The van der Waals surface area contributed by atoms with Crippen LogP contribution < -0.4 is 0 Å². The van der Waals surface area contributed by atoms with Crippen molar-refractivity contribution < 1.29 is 17.9 Å². The van der Waals surface area contributed by atoms with Gasteiger partial charge in [-0.05, 0) is 25.7 Å². The van der Waals surface area contributed by atoms with Gasteiger partial charge in [0.15, 0.2) is 9.84 Å². The maximum Gasteiger partial charge on any atom is 0.309 e. The predicted octanol–water partition coefficient (Wildman–Crippen LogP) is 1.30. The van der Waals surface area contributed by atoms with E-state index in [1.54, 1.807) is 0 Å². The summed E-state index contributed by atoms with van der Waals surface area (Å²) in [5.74, 6) is 0.0971. The third-order valence-corrected chi connectivity index (χ3v) is 5.18. The Balaban J connectivity index is 1.86. The van der Waals surface area contributed by atoms with Crippen LogP contribution in [0.1, 0.15) is 38.5 Å². The Morgan fingerprint density at radius 3 is 2.38 bits per heavy atom. The average molecular weight is 246 g/mol. The summed E-state index contributed by atoms with van der Waals surface area (Å²) in [5.41, 5.74) is 0. The lowest BCUT2D eigenvalue weighted by Gasteiger charge is -2.23. The van der Waals surface area contributed by atoms with Gasteiger partial charge in [-0.2, -0.15) is 0 Å². The van der Waals surface area contributed by atoms with Gasteiger partial charge in [0.05, 0.1) is 17.4 Å². The van der Waals surface area contributed by atoms with Crippen molar-refractivity contribution in [2.24, 2.45) is 5.92 Å². The maximum absolute atomic E-state index is 11.7. The minimum Gasteiger partial charge on any atom is -0.461 e. The highest BCUT2D eigenvalue weighted by Gasteiger charge is 2.31. The molecule has 1 aliphatic carbocycles. The molecule has 1 heterocycles. The Morgan fingerprint density at radius 2 is 1.75 bits per heavy atom. The van der Waals surface area contributed by atoms with Gasteiger partial charge in [0.1, 0.15) is 6.10 Å². The molecule has 1 saturated heterocycles. The van der Waals surface area contributed by atoms with Crippen molar-refractivity contribution in [1.82, 2.24) is 0 Å². The fraction of sp³-hybridized carbons (Fsp3) is 0.909. The van der Waals surface area contributed by atoms with Crippen LogP contribution in [0.25, 0.3) is 0 Å². The molecule has 2 aliphatic rings. The molecule has 16 heavy (non-hydrogen) atoms. The van der Waals surface area contributed by atoms with Crippen LogP contribution in [0.2, 0.25) is 0 Å². The van der Waals surface area contributed by atoms with Crippen LogP contribution in [0.4, 0.5) is 0 Å². The zero-order chi connectivity index (χ0) is 11.6. The molecule has 0 radical (unpaired) electrons. The van der Waals surface area contributed by atoms with Crippen LogP contribution in [0.15, 0.2) is 0 Å². The van der Waals surface area contributed by atoms with Gasteiger partial charge in [-0.3, -0.25) is 4.79 Å². The minimum absolute atomic E-state index is 0.0182. The maximum atomic E-state index is 11.7. The Morgan fingerprint density at radius 1 is 1.06 bits per heavy atom. The van der Waals surface area contributed by atoms with Crippen LogP contribution in [0, 0.1) is 5.92 Å². The molecule has 1 atom stereocenters. The molecule has 2 rings (SSSR count). The van der Waals surface area contributed by atoms with Crippen LogP contribution in [-0.2, 0) is 19.4 Å². The molecular formula is C11H18O4S. The van der Waals surface area contributed by atoms with E-state index in [1.165, 1.54) is 0 Å². The Bertz CT molecular complexity index is 354. The molecule has 0 N–H and O–H groups in total. The van der Waals surface area contributed by atoms with Crippen molar-refractivity contribution in [2.75, 3.05) is 11.5 Å². The highest BCUT2D eigenvalue weighted by Crippen LogP contribution is 2.27. The molecule has 0 bridgehead atoms. The van der Waals surface area contributed by atoms with Crippen molar-refractivity contribution in [3.63, 3.8) is 0 Å². The third-order valence-electron chi connectivity index (χ3n) is 3.39. The number of hydrogen-bond donors (Lipinski definition) is 0. The summed E-state index contributed by atoms with van der Waals surface area (Å²) < 4.78 is 28.0. The van der Waals surface area contributed by atoms with E-state index < -0.39 is 15.9 Å². The summed E-state index contributed by atoms with van der Waals surface area (Å²) in [6.45, 7) is 0. The fourth-order valence-corrected chi connectivity index (χ4v) is 4.07. The normalized spacial score (nSPS) is 30.1. The third kappa shape index (κ3) is 2.97. The molecule has 0 spiro atoms. The van der Waals surface area contributed by atoms with Crippen LogP contribution in [0.5, 0.6) is 0 Å². The number of rotatable bonds is 2. The number of carbonyl (C=O) groups excluding carboxylic acids is 1. The first-order valence-electron chi connectivity index (χ1n) is 5.98. The van der Waals surface area contributed by atoms with Crippen molar-refractivity contribution in [2.45, 2.75) is 44.6 Å². The van der Waals surface area contributed by atoms with Crippen molar-refractivity contribution in [3.05, 3.63) is 0 Å². The summed E-state index contributed by atoms with van der Waals surface area (Å²) >= 11 is 0. The fourth-order valence-electron chi connectivity index (χ4n) is 2.50. The number of hydrogen-bond acceptors (Lipinski definition) is 4. The van der Waals surface area contributed by atoms with Gasteiger partial charge >= 0.3 is 5.97 Å².